The van der Waals surface area contributed by atoms with Crippen molar-refractivity contribution in [2.45, 2.75) is 39.0 Å². The number of aliphatic carboxylic acids is 1. The molecule has 4 heteroatoms. The number of allylic oxidation sites excluding steroid dienone is 1. The van der Waals surface area contributed by atoms with Gasteiger partial charge in [0.25, 0.3) is 0 Å². The molecule has 21 heavy (non-hydrogen) atoms. The third kappa shape index (κ3) is 6.84. The summed E-state index contributed by atoms with van der Waals surface area (Å²) in [5.41, 5.74) is 1.06. The van der Waals surface area contributed by atoms with Crippen molar-refractivity contribution in [2.75, 3.05) is 13.2 Å². The van der Waals surface area contributed by atoms with Gasteiger partial charge in [-0.25, -0.2) is 0 Å². The van der Waals surface area contributed by atoms with E-state index >= 15 is 0 Å². The summed E-state index contributed by atoms with van der Waals surface area (Å²) in [5, 5.41) is 8.56. The lowest BCUT2D eigenvalue weighted by atomic mass is 10.1. The third-order valence-corrected chi connectivity index (χ3v) is 3.00. The molecule has 0 radical (unpaired) electrons. The lowest BCUT2D eigenvalue weighted by molar-refractivity contribution is -0.137. The number of hydrogen-bond acceptors (Lipinski definition) is 3. The lowest BCUT2D eigenvalue weighted by Gasteiger charge is -2.12. The molecule has 0 aliphatic heterocycles. The Morgan fingerprint density at radius 3 is 2.76 bits per heavy atom. The summed E-state index contributed by atoms with van der Waals surface area (Å²) < 4.78 is 11.3. The molecule has 1 rings (SSSR count). The molecule has 0 amide bonds. The van der Waals surface area contributed by atoms with Crippen molar-refractivity contribution in [1.82, 2.24) is 0 Å². The Hall–Kier alpha value is -1.97. The van der Waals surface area contributed by atoms with E-state index in [1.807, 2.05) is 31.2 Å². The molecule has 0 bridgehead atoms. The van der Waals surface area contributed by atoms with Crippen molar-refractivity contribution in [3.05, 3.63) is 36.4 Å². The second kappa shape index (κ2) is 9.86. The quantitative estimate of drug-likeness (QED) is 0.497. The van der Waals surface area contributed by atoms with Crippen LogP contribution in [0.2, 0.25) is 0 Å². The molecule has 0 aliphatic rings. The number of rotatable bonds is 11. The van der Waals surface area contributed by atoms with Gasteiger partial charge in [0.15, 0.2) is 0 Å². The summed E-state index contributed by atoms with van der Waals surface area (Å²) in [7, 11) is 0. The van der Waals surface area contributed by atoms with Crippen LogP contribution < -0.4 is 9.47 Å². The molecule has 116 valence electrons. The molecule has 0 atom stereocenters. The maximum atomic E-state index is 10.4. The molecule has 0 heterocycles. The molecule has 0 spiro atoms. The van der Waals surface area contributed by atoms with Crippen LogP contribution in [0.3, 0.4) is 0 Å². The van der Waals surface area contributed by atoms with Gasteiger partial charge in [-0.3, -0.25) is 4.79 Å². The van der Waals surface area contributed by atoms with E-state index in [9.17, 15) is 4.79 Å². The third-order valence-electron chi connectivity index (χ3n) is 3.00. The summed E-state index contributed by atoms with van der Waals surface area (Å²) in [6.45, 7) is 6.94. The maximum absolute atomic E-state index is 10.4. The highest BCUT2D eigenvalue weighted by atomic mass is 16.5. The topological polar surface area (TPSA) is 55.8 Å². The molecule has 0 aromatic heterocycles. The van der Waals surface area contributed by atoms with Gasteiger partial charge in [-0.15, -0.1) is 6.58 Å². The Morgan fingerprint density at radius 1 is 1.29 bits per heavy atom. The zero-order chi connectivity index (χ0) is 15.5. The zero-order valence-electron chi connectivity index (χ0n) is 12.6. The Balaban J connectivity index is 2.45. The van der Waals surface area contributed by atoms with Crippen molar-refractivity contribution in [3.63, 3.8) is 0 Å². The molecule has 1 aromatic rings. The minimum Gasteiger partial charge on any atom is -0.494 e. The largest absolute Gasteiger partial charge is 0.494 e. The van der Waals surface area contributed by atoms with E-state index in [2.05, 4.69) is 6.58 Å². The molecule has 0 unspecified atom stereocenters. The molecule has 1 N–H and O–H groups in total. The second-order valence-corrected chi connectivity index (χ2v) is 4.75. The van der Waals surface area contributed by atoms with E-state index < -0.39 is 5.97 Å². The first-order valence-corrected chi connectivity index (χ1v) is 7.38. The Morgan fingerprint density at radius 2 is 2.10 bits per heavy atom. The minimum atomic E-state index is -0.740. The van der Waals surface area contributed by atoms with Gasteiger partial charge in [0, 0.05) is 12.0 Å². The van der Waals surface area contributed by atoms with E-state index in [1.165, 1.54) is 0 Å². The highest BCUT2D eigenvalue weighted by molar-refractivity contribution is 5.66. The average Bonchev–Trinajstić information content (AvgIpc) is 2.45. The monoisotopic (exact) mass is 292 g/mol. The van der Waals surface area contributed by atoms with E-state index in [4.69, 9.17) is 14.6 Å². The minimum absolute atomic E-state index is 0.227. The highest BCUT2D eigenvalue weighted by Gasteiger charge is 2.05. The molecule has 0 fully saturated rings. The molecule has 1 aromatic carbocycles. The first kappa shape index (κ1) is 17.1. The number of benzene rings is 1. The number of unbranched alkanes of at least 4 members (excludes halogenated alkanes) is 2. The van der Waals surface area contributed by atoms with Gasteiger partial charge >= 0.3 is 5.97 Å². The summed E-state index contributed by atoms with van der Waals surface area (Å²) >= 11 is 0. The van der Waals surface area contributed by atoms with Crippen LogP contribution in [0.1, 0.15) is 38.2 Å². The van der Waals surface area contributed by atoms with Crippen LogP contribution in [-0.2, 0) is 11.2 Å². The van der Waals surface area contributed by atoms with Crippen molar-refractivity contribution < 1.29 is 19.4 Å². The van der Waals surface area contributed by atoms with Crippen molar-refractivity contribution in [2.24, 2.45) is 0 Å². The standard InChI is InChI=1S/C17H24O4/c1-3-8-14-13-15(20-4-2)10-11-16(14)21-12-7-5-6-9-17(18)19/h3,10-11,13H,1,4-9,12H2,2H3,(H,18,19). The fraction of sp³-hybridized carbons (Fsp3) is 0.471. The number of carboxylic acid groups (broad SMARTS) is 1. The molecule has 0 saturated heterocycles. The van der Waals surface area contributed by atoms with Crippen LogP contribution in [-0.4, -0.2) is 24.3 Å². The summed E-state index contributed by atoms with van der Waals surface area (Å²) in [6.07, 6.45) is 5.21. The Bertz CT molecular complexity index is 454. The lowest BCUT2D eigenvalue weighted by Crippen LogP contribution is -2.02. The first-order valence-electron chi connectivity index (χ1n) is 7.38. The van der Waals surface area contributed by atoms with E-state index in [0.29, 0.717) is 19.6 Å². The van der Waals surface area contributed by atoms with Crippen LogP contribution in [0.15, 0.2) is 30.9 Å². The Kier molecular flexibility index (Phi) is 8.02. The van der Waals surface area contributed by atoms with E-state index in [0.717, 1.165) is 36.3 Å². The van der Waals surface area contributed by atoms with Gasteiger partial charge in [-0.1, -0.05) is 6.08 Å². The van der Waals surface area contributed by atoms with Gasteiger partial charge < -0.3 is 14.6 Å². The molecular formula is C17H24O4. The van der Waals surface area contributed by atoms with E-state index in [1.54, 1.807) is 0 Å². The van der Waals surface area contributed by atoms with Crippen LogP contribution in [0.5, 0.6) is 11.5 Å². The summed E-state index contributed by atoms with van der Waals surface area (Å²) in [4.78, 5) is 10.4. The predicted octanol–water partition coefficient (Wildman–Crippen LogP) is 3.84. The molecular weight excluding hydrogens is 268 g/mol. The maximum Gasteiger partial charge on any atom is 0.303 e. The van der Waals surface area contributed by atoms with Gasteiger partial charge in [0.05, 0.1) is 13.2 Å². The molecule has 4 nitrogen and oxygen atoms in total. The van der Waals surface area contributed by atoms with Gasteiger partial charge in [-0.2, -0.15) is 0 Å². The molecule has 0 saturated carbocycles. The van der Waals surface area contributed by atoms with Crippen molar-refractivity contribution in [1.29, 1.82) is 0 Å². The number of hydrogen-bond donors (Lipinski definition) is 1. The number of ether oxygens (including phenoxy) is 2. The number of carbonyl (C=O) groups is 1. The fourth-order valence-corrected chi connectivity index (χ4v) is 2.01. The fourth-order valence-electron chi connectivity index (χ4n) is 2.01. The average molecular weight is 292 g/mol. The highest BCUT2D eigenvalue weighted by Crippen LogP contribution is 2.25. The van der Waals surface area contributed by atoms with Crippen LogP contribution in [0.25, 0.3) is 0 Å². The molecule has 0 aliphatic carbocycles. The van der Waals surface area contributed by atoms with Crippen LogP contribution in [0.4, 0.5) is 0 Å². The summed E-state index contributed by atoms with van der Waals surface area (Å²) in [5.74, 6) is 0.940. The van der Waals surface area contributed by atoms with E-state index in [-0.39, 0.29) is 6.42 Å². The normalized spacial score (nSPS) is 10.1. The smallest absolute Gasteiger partial charge is 0.303 e. The number of carboxylic acids is 1. The summed E-state index contributed by atoms with van der Waals surface area (Å²) in [6, 6.07) is 5.79. The Labute approximate surface area is 126 Å². The predicted molar refractivity (Wildman–Crippen MR) is 83.1 cm³/mol. The SMILES string of the molecule is C=CCc1cc(OCC)ccc1OCCCCCC(=O)O. The van der Waals surface area contributed by atoms with Crippen molar-refractivity contribution >= 4 is 5.97 Å². The van der Waals surface area contributed by atoms with Crippen LogP contribution >= 0.6 is 0 Å². The van der Waals surface area contributed by atoms with Crippen LogP contribution in [0, 0.1) is 0 Å². The zero-order valence-corrected chi connectivity index (χ0v) is 12.6. The van der Waals surface area contributed by atoms with Gasteiger partial charge in [0.2, 0.25) is 0 Å². The van der Waals surface area contributed by atoms with Crippen molar-refractivity contribution in [3.8, 4) is 11.5 Å². The second-order valence-electron chi connectivity index (χ2n) is 4.75. The van der Waals surface area contributed by atoms with Gasteiger partial charge in [0.1, 0.15) is 11.5 Å². The van der Waals surface area contributed by atoms with Gasteiger partial charge in [-0.05, 0) is 50.8 Å². The first-order chi connectivity index (χ1) is 10.2.